The van der Waals surface area contributed by atoms with Gasteiger partial charge in [-0.15, -0.1) is 0 Å². The van der Waals surface area contributed by atoms with E-state index in [1.165, 1.54) is 12.5 Å². The van der Waals surface area contributed by atoms with Crippen molar-refractivity contribution in [1.29, 1.82) is 0 Å². The lowest BCUT2D eigenvalue weighted by atomic mass is 9.49. The molecule has 0 aromatic carbocycles. The van der Waals surface area contributed by atoms with E-state index in [0.717, 1.165) is 19.3 Å². The molecule has 0 radical (unpaired) electrons. The van der Waals surface area contributed by atoms with Gasteiger partial charge in [-0.05, 0) is 18.8 Å². The van der Waals surface area contributed by atoms with E-state index in [-0.39, 0.29) is 5.92 Å². The predicted molar refractivity (Wildman–Crippen MR) is 65.6 cm³/mol. The third kappa shape index (κ3) is 1.45. The third-order valence-electron chi connectivity index (χ3n) is 4.83. The molecule has 0 aromatic rings. The lowest BCUT2D eigenvalue weighted by molar-refractivity contribution is -0.295. The fourth-order valence-corrected chi connectivity index (χ4v) is 4.69. The molecule has 4 rings (SSSR count). The average molecular weight is 252 g/mol. The first-order valence-electron chi connectivity index (χ1n) is 6.44. The summed E-state index contributed by atoms with van der Waals surface area (Å²) in [6, 6.07) is 0. The lowest BCUT2D eigenvalue weighted by Crippen LogP contribution is -2.72. The van der Waals surface area contributed by atoms with Gasteiger partial charge in [-0.1, -0.05) is 13.2 Å². The Balaban J connectivity index is 2.00. The molecule has 4 saturated carbocycles. The van der Waals surface area contributed by atoms with Crippen molar-refractivity contribution in [2.45, 2.75) is 55.0 Å². The van der Waals surface area contributed by atoms with E-state index in [2.05, 4.69) is 13.2 Å². The monoisotopic (exact) mass is 252 g/mol. The number of ether oxygens (including phenoxy) is 2. The summed E-state index contributed by atoms with van der Waals surface area (Å²) in [5.41, 5.74) is -1.99. The maximum Gasteiger partial charge on any atom is 0.115 e. The molecule has 0 spiro atoms. The van der Waals surface area contributed by atoms with Gasteiger partial charge >= 0.3 is 0 Å². The molecule has 3 unspecified atom stereocenters. The van der Waals surface area contributed by atoms with Crippen molar-refractivity contribution >= 4 is 0 Å². The highest BCUT2D eigenvalue weighted by molar-refractivity contribution is 5.20. The predicted octanol–water partition coefficient (Wildman–Crippen LogP) is 1.48. The summed E-state index contributed by atoms with van der Waals surface area (Å²) in [4.78, 5) is 0. The van der Waals surface area contributed by atoms with Gasteiger partial charge in [0.2, 0.25) is 0 Å². The van der Waals surface area contributed by atoms with E-state index in [1.54, 1.807) is 0 Å². The Morgan fingerprint density at radius 2 is 1.50 bits per heavy atom. The molecule has 0 heterocycles. The van der Waals surface area contributed by atoms with Gasteiger partial charge < -0.3 is 19.7 Å². The van der Waals surface area contributed by atoms with Gasteiger partial charge in [-0.3, -0.25) is 0 Å². The fraction of sp³-hybridized carbons (Fsp3) is 0.714. The number of aliphatic hydroxyl groups excluding tert-OH is 1. The van der Waals surface area contributed by atoms with Gasteiger partial charge in [-0.25, -0.2) is 0 Å². The van der Waals surface area contributed by atoms with E-state index in [4.69, 9.17) is 9.47 Å². The highest BCUT2D eigenvalue weighted by atomic mass is 16.5. The first-order chi connectivity index (χ1) is 8.47. The summed E-state index contributed by atoms with van der Waals surface area (Å²) in [7, 11) is 0. The second-order valence-corrected chi connectivity index (χ2v) is 6.18. The first kappa shape index (κ1) is 12.1. The van der Waals surface area contributed by atoms with Crippen LogP contribution in [0.25, 0.3) is 0 Å². The van der Waals surface area contributed by atoms with Crippen molar-refractivity contribution in [1.82, 2.24) is 0 Å². The van der Waals surface area contributed by atoms with Crippen molar-refractivity contribution in [3.63, 3.8) is 0 Å². The molecule has 0 aliphatic heterocycles. The number of hydrogen-bond donors (Lipinski definition) is 2. The first-order valence-corrected chi connectivity index (χ1v) is 6.44. The summed E-state index contributed by atoms with van der Waals surface area (Å²) in [5, 5.41) is 20.9. The SMILES string of the molecule is C=COC12CC3CC(OC=C)(C1)CC(O)(C2)C3O. The fourth-order valence-electron chi connectivity index (χ4n) is 4.69. The molecule has 3 atom stereocenters. The largest absolute Gasteiger partial charge is 0.495 e. The topological polar surface area (TPSA) is 58.9 Å². The molecular formula is C14H20O4. The highest BCUT2D eigenvalue weighted by Crippen LogP contribution is 2.61. The van der Waals surface area contributed by atoms with E-state index in [1.807, 2.05) is 0 Å². The van der Waals surface area contributed by atoms with Crippen LogP contribution in [0.5, 0.6) is 0 Å². The minimum Gasteiger partial charge on any atom is -0.495 e. The Labute approximate surface area is 107 Å². The Bertz CT molecular complexity index is 365. The van der Waals surface area contributed by atoms with Crippen LogP contribution in [-0.2, 0) is 9.47 Å². The van der Waals surface area contributed by atoms with Crippen LogP contribution in [0.15, 0.2) is 25.7 Å². The van der Waals surface area contributed by atoms with Gasteiger partial charge in [-0.2, -0.15) is 0 Å². The van der Waals surface area contributed by atoms with Gasteiger partial charge in [0.05, 0.1) is 24.2 Å². The number of hydrogen-bond acceptors (Lipinski definition) is 4. The summed E-state index contributed by atoms with van der Waals surface area (Å²) < 4.78 is 11.4. The van der Waals surface area contributed by atoms with Crippen molar-refractivity contribution in [2.75, 3.05) is 0 Å². The summed E-state index contributed by atoms with van der Waals surface area (Å²) in [5.74, 6) is 0.0196. The van der Waals surface area contributed by atoms with Crippen molar-refractivity contribution in [3.05, 3.63) is 25.7 Å². The van der Waals surface area contributed by atoms with Crippen LogP contribution in [0.3, 0.4) is 0 Å². The van der Waals surface area contributed by atoms with Crippen molar-refractivity contribution < 1.29 is 19.7 Å². The quantitative estimate of drug-likeness (QED) is 0.744. The zero-order chi connectivity index (χ0) is 13.0. The average Bonchev–Trinajstić information content (AvgIpc) is 2.24. The van der Waals surface area contributed by atoms with E-state index in [0.29, 0.717) is 12.8 Å². The van der Waals surface area contributed by atoms with Crippen LogP contribution in [-0.4, -0.2) is 33.1 Å². The maximum atomic E-state index is 10.7. The Morgan fingerprint density at radius 3 is 1.89 bits per heavy atom. The molecule has 4 aliphatic rings. The second-order valence-electron chi connectivity index (χ2n) is 6.18. The zero-order valence-electron chi connectivity index (χ0n) is 10.5. The highest BCUT2D eigenvalue weighted by Gasteiger charge is 2.69. The second kappa shape index (κ2) is 3.52. The van der Waals surface area contributed by atoms with Gasteiger partial charge in [0.15, 0.2) is 0 Å². The normalized spacial score (nSPS) is 53.0. The Hall–Kier alpha value is -1.00. The van der Waals surface area contributed by atoms with Crippen molar-refractivity contribution in [3.8, 4) is 0 Å². The third-order valence-corrected chi connectivity index (χ3v) is 4.83. The molecule has 2 N–H and O–H groups in total. The lowest BCUT2D eigenvalue weighted by Gasteiger charge is -2.64. The molecular weight excluding hydrogens is 232 g/mol. The number of aliphatic hydroxyl groups is 2. The number of rotatable bonds is 4. The van der Waals surface area contributed by atoms with Gasteiger partial charge in [0.25, 0.3) is 0 Å². The minimum atomic E-state index is -1.11. The van der Waals surface area contributed by atoms with Crippen LogP contribution in [0.2, 0.25) is 0 Å². The molecule has 4 aliphatic carbocycles. The standard InChI is InChI=1S/C14H20O4/c1-3-17-12-5-10-6-13(7-12,18-4-2)9-14(16,8-12)11(10)15/h3-4,10-11,15-16H,1-2,5-9H2. The van der Waals surface area contributed by atoms with E-state index < -0.39 is 22.9 Å². The summed E-state index contributed by atoms with van der Waals surface area (Å²) in [6.45, 7) is 7.24. The van der Waals surface area contributed by atoms with Crippen LogP contribution in [0, 0.1) is 5.92 Å². The van der Waals surface area contributed by atoms with Gasteiger partial charge in [0, 0.05) is 19.3 Å². The van der Waals surface area contributed by atoms with E-state index in [9.17, 15) is 10.2 Å². The molecule has 0 saturated heterocycles. The van der Waals surface area contributed by atoms with Crippen LogP contribution >= 0.6 is 0 Å². The van der Waals surface area contributed by atoms with Crippen LogP contribution in [0.1, 0.15) is 32.1 Å². The maximum absolute atomic E-state index is 10.7. The molecule has 0 amide bonds. The molecule has 4 bridgehead atoms. The summed E-state index contributed by atoms with van der Waals surface area (Å²) >= 11 is 0. The van der Waals surface area contributed by atoms with E-state index >= 15 is 0 Å². The van der Waals surface area contributed by atoms with Gasteiger partial charge in [0.1, 0.15) is 11.2 Å². The molecule has 18 heavy (non-hydrogen) atoms. The minimum absolute atomic E-state index is 0.0196. The molecule has 100 valence electrons. The van der Waals surface area contributed by atoms with Crippen molar-refractivity contribution in [2.24, 2.45) is 5.92 Å². The Morgan fingerprint density at radius 1 is 1.00 bits per heavy atom. The molecule has 0 aromatic heterocycles. The molecule has 4 fully saturated rings. The molecule has 4 heteroatoms. The zero-order valence-corrected chi connectivity index (χ0v) is 10.5. The van der Waals surface area contributed by atoms with Crippen LogP contribution in [0.4, 0.5) is 0 Å². The smallest absolute Gasteiger partial charge is 0.115 e. The Kier molecular flexibility index (Phi) is 2.35. The molecule has 4 nitrogen and oxygen atoms in total. The van der Waals surface area contributed by atoms with Crippen LogP contribution < -0.4 is 0 Å². The summed E-state index contributed by atoms with van der Waals surface area (Å²) in [6.07, 6.45) is 5.33.